The molecule has 1 aliphatic heterocycles. The molecule has 1 aromatic carbocycles. The molecule has 0 spiro atoms. The van der Waals surface area contributed by atoms with Crippen LogP contribution in [-0.2, 0) is 13.5 Å². The highest BCUT2D eigenvalue weighted by molar-refractivity contribution is 6.31. The molecule has 1 fully saturated rings. The Bertz CT molecular complexity index is 628. The fraction of sp³-hybridized carbons (Fsp3) is 0.471. The first kappa shape index (κ1) is 15.5. The topological polar surface area (TPSA) is 41.3 Å². The predicted molar refractivity (Wildman–Crippen MR) is 87.9 cm³/mol. The Morgan fingerprint density at radius 2 is 2.23 bits per heavy atom. The van der Waals surface area contributed by atoms with Gasteiger partial charge >= 0.3 is 0 Å². The minimum atomic E-state index is -0.522. The van der Waals surface area contributed by atoms with Gasteiger partial charge in [0.25, 0.3) is 0 Å². The van der Waals surface area contributed by atoms with Gasteiger partial charge in [0.05, 0.1) is 12.3 Å². The Labute approximate surface area is 136 Å². The molecular weight excluding hydrogens is 298 g/mol. The summed E-state index contributed by atoms with van der Waals surface area (Å²) < 4.78 is 1.85. The number of likely N-dealkylation sites (tertiary alicyclic amines) is 1. The summed E-state index contributed by atoms with van der Waals surface area (Å²) in [7, 11) is 1.95. The Morgan fingerprint density at radius 1 is 1.41 bits per heavy atom. The molecule has 0 amide bonds. The third kappa shape index (κ3) is 3.69. The second-order valence-corrected chi connectivity index (χ2v) is 6.59. The van der Waals surface area contributed by atoms with Gasteiger partial charge in [-0.1, -0.05) is 29.8 Å². The van der Waals surface area contributed by atoms with E-state index in [2.05, 4.69) is 16.2 Å². The summed E-state index contributed by atoms with van der Waals surface area (Å²) in [5.74, 6) is 0.641. The molecule has 1 aromatic heterocycles. The van der Waals surface area contributed by atoms with Crippen LogP contribution >= 0.6 is 11.6 Å². The third-order valence-electron chi connectivity index (χ3n) is 4.35. The minimum Gasteiger partial charge on any atom is -0.387 e. The van der Waals surface area contributed by atoms with Gasteiger partial charge in [0.15, 0.2) is 0 Å². The molecule has 2 heterocycles. The molecule has 0 saturated carbocycles. The lowest BCUT2D eigenvalue weighted by molar-refractivity contribution is 0.124. The first-order valence-electron chi connectivity index (χ1n) is 7.74. The molecule has 2 atom stereocenters. The zero-order valence-corrected chi connectivity index (χ0v) is 13.6. The highest BCUT2D eigenvalue weighted by Gasteiger charge is 2.25. The zero-order chi connectivity index (χ0) is 15.5. The maximum Gasteiger partial charge on any atom is 0.0931 e. The van der Waals surface area contributed by atoms with Gasteiger partial charge in [-0.25, -0.2) is 0 Å². The largest absolute Gasteiger partial charge is 0.387 e. The Hall–Kier alpha value is -1.36. The lowest BCUT2D eigenvalue weighted by Crippen LogP contribution is -2.27. The number of hydrogen-bond acceptors (Lipinski definition) is 3. The van der Waals surface area contributed by atoms with Crippen molar-refractivity contribution in [3.63, 3.8) is 0 Å². The van der Waals surface area contributed by atoms with E-state index in [1.807, 2.05) is 42.2 Å². The predicted octanol–water partition coefficient (Wildman–Crippen LogP) is 2.67. The Kier molecular flexibility index (Phi) is 4.81. The van der Waals surface area contributed by atoms with Gasteiger partial charge in [-0.05, 0) is 36.9 Å². The first-order valence-corrected chi connectivity index (χ1v) is 8.12. The molecule has 4 nitrogen and oxygen atoms in total. The van der Waals surface area contributed by atoms with E-state index in [0.717, 1.165) is 25.1 Å². The van der Waals surface area contributed by atoms with E-state index >= 15 is 0 Å². The summed E-state index contributed by atoms with van der Waals surface area (Å²) in [6.45, 7) is 2.70. The van der Waals surface area contributed by atoms with Crippen LogP contribution in [0.25, 0.3) is 0 Å². The van der Waals surface area contributed by atoms with Gasteiger partial charge in [-0.2, -0.15) is 5.10 Å². The summed E-state index contributed by atoms with van der Waals surface area (Å²) in [4.78, 5) is 2.33. The van der Waals surface area contributed by atoms with Crippen molar-refractivity contribution in [2.75, 3.05) is 19.6 Å². The van der Waals surface area contributed by atoms with Crippen LogP contribution in [0.3, 0.4) is 0 Å². The number of aryl methyl sites for hydroxylation is 1. The number of benzene rings is 1. The van der Waals surface area contributed by atoms with Crippen molar-refractivity contribution in [3.8, 4) is 0 Å². The van der Waals surface area contributed by atoms with Crippen LogP contribution < -0.4 is 0 Å². The lowest BCUT2D eigenvalue weighted by atomic mass is 10.0. The summed E-state index contributed by atoms with van der Waals surface area (Å²) in [6.07, 6.45) is 5.74. The molecule has 1 saturated heterocycles. The van der Waals surface area contributed by atoms with Gasteiger partial charge in [0.1, 0.15) is 0 Å². The number of halogens is 1. The van der Waals surface area contributed by atoms with Gasteiger partial charge in [0.2, 0.25) is 0 Å². The molecule has 2 aromatic rings. The molecule has 22 heavy (non-hydrogen) atoms. The SMILES string of the molecule is Cn1cc(CC2CCN(CC(O)c3ccccc3Cl)C2)cn1. The number of hydrogen-bond donors (Lipinski definition) is 1. The Morgan fingerprint density at radius 3 is 2.95 bits per heavy atom. The van der Waals surface area contributed by atoms with Crippen molar-refractivity contribution in [2.45, 2.75) is 18.9 Å². The number of aliphatic hydroxyl groups excluding tert-OH is 1. The summed E-state index contributed by atoms with van der Waals surface area (Å²) in [5.41, 5.74) is 2.11. The van der Waals surface area contributed by atoms with Crippen molar-refractivity contribution in [3.05, 3.63) is 52.8 Å². The summed E-state index contributed by atoms with van der Waals surface area (Å²) in [6, 6.07) is 7.53. The van der Waals surface area contributed by atoms with Crippen LogP contribution in [0.15, 0.2) is 36.7 Å². The minimum absolute atomic E-state index is 0.522. The molecule has 2 unspecified atom stereocenters. The second-order valence-electron chi connectivity index (χ2n) is 6.18. The van der Waals surface area contributed by atoms with Gasteiger partial charge < -0.3 is 10.0 Å². The highest BCUT2D eigenvalue weighted by Crippen LogP contribution is 2.26. The molecule has 0 radical (unpaired) electrons. The number of β-amino-alcohol motifs (C(OH)–C–C–N with tert-alkyl or cyclic N) is 1. The van der Waals surface area contributed by atoms with Crippen LogP contribution in [0.4, 0.5) is 0 Å². The maximum absolute atomic E-state index is 10.4. The third-order valence-corrected chi connectivity index (χ3v) is 4.69. The fourth-order valence-electron chi connectivity index (χ4n) is 3.24. The van der Waals surface area contributed by atoms with E-state index in [-0.39, 0.29) is 0 Å². The van der Waals surface area contributed by atoms with Crippen LogP contribution in [-0.4, -0.2) is 39.4 Å². The number of nitrogens with zero attached hydrogens (tertiary/aromatic N) is 3. The van der Waals surface area contributed by atoms with Crippen molar-refractivity contribution in [1.82, 2.24) is 14.7 Å². The van der Waals surface area contributed by atoms with E-state index in [9.17, 15) is 5.11 Å². The van der Waals surface area contributed by atoms with Gasteiger partial charge in [0, 0.05) is 36.9 Å². The molecule has 3 rings (SSSR count). The van der Waals surface area contributed by atoms with Crippen molar-refractivity contribution < 1.29 is 5.11 Å². The summed E-state index contributed by atoms with van der Waals surface area (Å²) >= 11 is 6.16. The number of aromatic nitrogens is 2. The number of aliphatic hydroxyl groups is 1. The quantitative estimate of drug-likeness (QED) is 0.921. The monoisotopic (exact) mass is 319 g/mol. The highest BCUT2D eigenvalue weighted by atomic mass is 35.5. The van der Waals surface area contributed by atoms with Gasteiger partial charge in [-0.3, -0.25) is 4.68 Å². The molecule has 1 aliphatic rings. The lowest BCUT2D eigenvalue weighted by Gasteiger charge is -2.21. The zero-order valence-electron chi connectivity index (χ0n) is 12.8. The fourth-order valence-corrected chi connectivity index (χ4v) is 3.51. The summed E-state index contributed by atoms with van der Waals surface area (Å²) in [5, 5.41) is 15.3. The maximum atomic E-state index is 10.4. The van der Waals surface area contributed by atoms with E-state index in [4.69, 9.17) is 11.6 Å². The molecule has 0 bridgehead atoms. The first-order chi connectivity index (χ1) is 10.6. The average molecular weight is 320 g/mol. The van der Waals surface area contributed by atoms with E-state index in [0.29, 0.717) is 17.5 Å². The van der Waals surface area contributed by atoms with Crippen LogP contribution in [0.1, 0.15) is 23.7 Å². The normalized spacial score (nSPS) is 20.4. The van der Waals surface area contributed by atoms with E-state index in [1.54, 1.807) is 0 Å². The molecular formula is C17H22ClN3O. The molecule has 1 N–H and O–H groups in total. The standard InChI is InChI=1S/C17H22ClN3O/c1-20-10-14(9-19-20)8-13-6-7-21(11-13)12-17(22)15-4-2-3-5-16(15)18/h2-5,9-10,13,17,22H,6-8,11-12H2,1H3. The van der Waals surface area contributed by atoms with Crippen LogP contribution in [0.2, 0.25) is 5.02 Å². The van der Waals surface area contributed by atoms with Gasteiger partial charge in [-0.15, -0.1) is 0 Å². The number of rotatable bonds is 5. The van der Waals surface area contributed by atoms with Crippen molar-refractivity contribution >= 4 is 11.6 Å². The average Bonchev–Trinajstić information content (AvgIpc) is 3.09. The Balaban J connectivity index is 1.53. The smallest absolute Gasteiger partial charge is 0.0931 e. The molecule has 5 heteroatoms. The van der Waals surface area contributed by atoms with E-state index in [1.165, 1.54) is 12.0 Å². The van der Waals surface area contributed by atoms with Crippen molar-refractivity contribution in [2.24, 2.45) is 13.0 Å². The second kappa shape index (κ2) is 6.82. The van der Waals surface area contributed by atoms with E-state index < -0.39 is 6.10 Å². The van der Waals surface area contributed by atoms with Crippen LogP contribution in [0.5, 0.6) is 0 Å². The molecule has 0 aliphatic carbocycles. The van der Waals surface area contributed by atoms with Crippen LogP contribution in [0, 0.1) is 5.92 Å². The van der Waals surface area contributed by atoms with Crippen molar-refractivity contribution in [1.29, 1.82) is 0 Å². The molecule has 118 valence electrons.